The number of nitrogens with two attached hydrogens (primary N) is 1. The van der Waals surface area contributed by atoms with Crippen molar-refractivity contribution in [3.05, 3.63) is 64.8 Å². The molecule has 1 aliphatic carbocycles. The lowest BCUT2D eigenvalue weighted by atomic mass is 10.0. The lowest BCUT2D eigenvalue weighted by Gasteiger charge is -2.18. The number of imidazole rings is 1. The maximum Gasteiger partial charge on any atom is 0.205 e. The number of fused-ring (bicyclic) bond motifs is 1. The Bertz CT molecular complexity index is 1000. The first-order valence-electron chi connectivity index (χ1n) is 9.14. The fourth-order valence-electron chi connectivity index (χ4n) is 3.26. The lowest BCUT2D eigenvalue weighted by Crippen LogP contribution is -2.26. The minimum Gasteiger partial charge on any atom is -0.384 e. The van der Waals surface area contributed by atoms with Crippen LogP contribution < -0.4 is 16.4 Å². The van der Waals surface area contributed by atoms with Crippen molar-refractivity contribution in [1.29, 1.82) is 0 Å². The molecule has 0 radical (unpaired) electrons. The second kappa shape index (κ2) is 6.91. The van der Waals surface area contributed by atoms with Gasteiger partial charge in [0.2, 0.25) is 5.95 Å². The smallest absolute Gasteiger partial charge is 0.205 e. The number of aryl methyl sites for hydroxylation is 1. The van der Waals surface area contributed by atoms with Crippen molar-refractivity contribution in [1.82, 2.24) is 15.3 Å². The molecular weight excluding hydrogens is 358 g/mol. The highest BCUT2D eigenvalue weighted by atomic mass is 35.5. The molecule has 0 aliphatic heterocycles. The topological polar surface area (TPSA) is 78.8 Å². The first-order valence-corrected chi connectivity index (χ1v) is 9.52. The molecule has 1 fully saturated rings. The zero-order valence-corrected chi connectivity index (χ0v) is 16.2. The molecular formula is C21H24ClN5. The van der Waals surface area contributed by atoms with E-state index in [1.165, 1.54) is 5.56 Å². The lowest BCUT2D eigenvalue weighted by molar-refractivity contribution is 0.559. The van der Waals surface area contributed by atoms with Gasteiger partial charge in [-0.1, -0.05) is 30.3 Å². The normalized spacial score (nSPS) is 14.9. The Balaban J connectivity index is 1.49. The highest BCUT2D eigenvalue weighted by molar-refractivity contribution is 6.33. The average Bonchev–Trinajstić information content (AvgIpc) is 3.36. The summed E-state index contributed by atoms with van der Waals surface area (Å²) in [7, 11) is 0. The summed E-state index contributed by atoms with van der Waals surface area (Å²) in [6, 6.07) is 12.1. The largest absolute Gasteiger partial charge is 0.384 e. The molecule has 5 nitrogen and oxygen atoms in total. The fourth-order valence-corrected chi connectivity index (χ4v) is 3.43. The van der Waals surface area contributed by atoms with Gasteiger partial charge in [0.05, 0.1) is 21.7 Å². The molecule has 140 valence electrons. The molecule has 0 unspecified atom stereocenters. The van der Waals surface area contributed by atoms with Crippen molar-refractivity contribution in [3.8, 4) is 0 Å². The molecule has 5 N–H and O–H groups in total. The third kappa shape index (κ3) is 3.66. The molecule has 1 saturated carbocycles. The Kier molecular flexibility index (Phi) is 4.58. The van der Waals surface area contributed by atoms with Gasteiger partial charge in [0.15, 0.2) is 0 Å². The number of benzene rings is 2. The number of nitrogens with one attached hydrogen (secondary N) is 3. The van der Waals surface area contributed by atoms with E-state index in [9.17, 15) is 0 Å². The summed E-state index contributed by atoms with van der Waals surface area (Å²) in [5.41, 5.74) is 12.0. The third-order valence-corrected chi connectivity index (χ3v) is 5.64. The van der Waals surface area contributed by atoms with Gasteiger partial charge in [-0.05, 0) is 55.2 Å². The molecule has 0 bridgehead atoms. The van der Waals surface area contributed by atoms with Gasteiger partial charge in [-0.3, -0.25) is 0 Å². The van der Waals surface area contributed by atoms with Gasteiger partial charge in [-0.2, -0.15) is 0 Å². The number of halogens is 1. The Morgan fingerprint density at radius 3 is 2.85 bits per heavy atom. The standard InChI is InChI=1S/C21H24ClN5/c1-13-3-6-17-19(9-13)27-20(25-17)26-18-10-15(4-5-16(18)22)11-24-14(2)21(12-23)7-8-21/h3-6,9-10,24H,2,7-8,11-12,23H2,1H3,(H2,25,26,27). The number of aromatic nitrogens is 2. The van der Waals surface area contributed by atoms with Crippen LogP contribution in [0.15, 0.2) is 48.7 Å². The Hall–Kier alpha value is -2.50. The number of hydrogen-bond acceptors (Lipinski definition) is 4. The molecule has 1 aliphatic rings. The maximum atomic E-state index is 6.38. The number of aromatic amines is 1. The van der Waals surface area contributed by atoms with Crippen LogP contribution in [0.25, 0.3) is 11.0 Å². The average molecular weight is 382 g/mol. The summed E-state index contributed by atoms with van der Waals surface area (Å²) in [4.78, 5) is 7.87. The van der Waals surface area contributed by atoms with Gasteiger partial charge >= 0.3 is 0 Å². The van der Waals surface area contributed by atoms with Crippen molar-refractivity contribution in [3.63, 3.8) is 0 Å². The highest BCUT2D eigenvalue weighted by Crippen LogP contribution is 2.49. The molecule has 0 saturated heterocycles. The molecule has 4 rings (SSSR count). The Labute approximate surface area is 164 Å². The van der Waals surface area contributed by atoms with Crippen molar-refractivity contribution in [2.45, 2.75) is 26.3 Å². The Morgan fingerprint density at radius 2 is 2.11 bits per heavy atom. The van der Waals surface area contributed by atoms with E-state index in [0.717, 1.165) is 40.8 Å². The summed E-state index contributed by atoms with van der Waals surface area (Å²) in [5, 5.41) is 7.36. The van der Waals surface area contributed by atoms with Crippen LogP contribution in [0.3, 0.4) is 0 Å². The summed E-state index contributed by atoms with van der Waals surface area (Å²) < 4.78 is 0. The van der Waals surface area contributed by atoms with Gasteiger partial charge in [-0.15, -0.1) is 0 Å². The predicted octanol–water partition coefficient (Wildman–Crippen LogP) is 4.61. The van der Waals surface area contributed by atoms with Gasteiger partial charge in [-0.25, -0.2) is 4.98 Å². The molecule has 1 heterocycles. The SMILES string of the molecule is C=C(NCc1ccc(Cl)c(Nc2nc3ccc(C)cc3[nH]2)c1)C1(CN)CC1. The van der Waals surface area contributed by atoms with Gasteiger partial charge in [0, 0.05) is 24.2 Å². The van der Waals surface area contributed by atoms with Crippen LogP contribution in [0.4, 0.5) is 11.6 Å². The molecule has 0 atom stereocenters. The summed E-state index contributed by atoms with van der Waals surface area (Å²) in [6.07, 6.45) is 2.24. The van der Waals surface area contributed by atoms with E-state index in [1.54, 1.807) is 0 Å². The van der Waals surface area contributed by atoms with E-state index in [4.69, 9.17) is 17.3 Å². The molecule has 27 heavy (non-hydrogen) atoms. The van der Waals surface area contributed by atoms with Crippen molar-refractivity contribution < 1.29 is 0 Å². The van der Waals surface area contributed by atoms with Crippen LogP contribution in [0.5, 0.6) is 0 Å². The highest BCUT2D eigenvalue weighted by Gasteiger charge is 2.43. The van der Waals surface area contributed by atoms with E-state index in [1.807, 2.05) is 30.3 Å². The molecule has 2 aromatic carbocycles. The van der Waals surface area contributed by atoms with Gasteiger partial charge < -0.3 is 21.4 Å². The zero-order chi connectivity index (χ0) is 19.0. The predicted molar refractivity (Wildman–Crippen MR) is 112 cm³/mol. The summed E-state index contributed by atoms with van der Waals surface area (Å²) >= 11 is 6.38. The molecule has 6 heteroatoms. The van der Waals surface area contributed by atoms with Gasteiger partial charge in [0.1, 0.15) is 0 Å². The van der Waals surface area contributed by atoms with E-state index < -0.39 is 0 Å². The van der Waals surface area contributed by atoms with Crippen molar-refractivity contribution >= 4 is 34.3 Å². The van der Waals surface area contributed by atoms with E-state index in [2.05, 4.69) is 40.2 Å². The third-order valence-electron chi connectivity index (χ3n) is 5.31. The van der Waals surface area contributed by atoms with Crippen LogP contribution >= 0.6 is 11.6 Å². The molecule has 3 aromatic rings. The second-order valence-corrected chi connectivity index (χ2v) is 7.77. The van der Waals surface area contributed by atoms with Gasteiger partial charge in [0.25, 0.3) is 0 Å². The van der Waals surface area contributed by atoms with Crippen molar-refractivity contribution in [2.24, 2.45) is 11.1 Å². The van der Waals surface area contributed by atoms with Crippen LogP contribution in [0, 0.1) is 12.3 Å². The monoisotopic (exact) mass is 381 g/mol. The first-order chi connectivity index (χ1) is 13.0. The minimum absolute atomic E-state index is 0.0971. The zero-order valence-electron chi connectivity index (χ0n) is 15.4. The Morgan fingerprint density at radius 1 is 1.30 bits per heavy atom. The molecule has 0 amide bonds. The van der Waals surface area contributed by atoms with Crippen LogP contribution in [0.2, 0.25) is 5.02 Å². The second-order valence-electron chi connectivity index (χ2n) is 7.36. The fraction of sp³-hybridized carbons (Fsp3) is 0.286. The van der Waals surface area contributed by atoms with E-state index in [0.29, 0.717) is 24.1 Å². The van der Waals surface area contributed by atoms with E-state index in [-0.39, 0.29) is 5.41 Å². The van der Waals surface area contributed by atoms with Crippen LogP contribution in [0.1, 0.15) is 24.0 Å². The number of H-pyrrole nitrogens is 1. The summed E-state index contributed by atoms with van der Waals surface area (Å²) in [5.74, 6) is 0.673. The first kappa shape index (κ1) is 17.9. The van der Waals surface area contributed by atoms with Crippen LogP contribution in [-0.2, 0) is 6.54 Å². The molecule has 1 aromatic heterocycles. The maximum absolute atomic E-state index is 6.38. The number of anilines is 2. The number of rotatable bonds is 7. The quantitative estimate of drug-likeness (QED) is 0.482. The van der Waals surface area contributed by atoms with E-state index >= 15 is 0 Å². The minimum atomic E-state index is 0.0971. The van der Waals surface area contributed by atoms with Crippen molar-refractivity contribution in [2.75, 3.05) is 11.9 Å². The number of nitrogens with zero attached hydrogens (tertiary/aromatic N) is 1. The van der Waals surface area contributed by atoms with Crippen LogP contribution in [-0.4, -0.2) is 16.5 Å². The number of hydrogen-bond donors (Lipinski definition) is 4. The molecule has 0 spiro atoms. The summed E-state index contributed by atoms with van der Waals surface area (Å²) in [6.45, 7) is 7.56.